The highest BCUT2D eigenvalue weighted by Crippen LogP contribution is 2.24. The van der Waals surface area contributed by atoms with Crippen LogP contribution in [-0.2, 0) is 0 Å². The minimum atomic E-state index is 0.725. The summed E-state index contributed by atoms with van der Waals surface area (Å²) in [6, 6.07) is 7.77. The number of pyridine rings is 1. The molecule has 0 saturated carbocycles. The van der Waals surface area contributed by atoms with Gasteiger partial charge in [-0.2, -0.15) is 0 Å². The van der Waals surface area contributed by atoms with Gasteiger partial charge in [-0.05, 0) is 30.7 Å². The second kappa shape index (κ2) is 4.49. The molecule has 2 rings (SSSR count). The van der Waals surface area contributed by atoms with Crippen molar-refractivity contribution in [2.75, 3.05) is 11.9 Å². The summed E-state index contributed by atoms with van der Waals surface area (Å²) in [5.41, 5.74) is 2.06. The first kappa shape index (κ1) is 10.2. The van der Waals surface area contributed by atoms with Crippen LogP contribution in [0.3, 0.4) is 0 Å². The molecule has 2 aromatic rings. The molecule has 0 atom stereocenters. The Hall–Kier alpha value is -1.28. The Morgan fingerprint density at radius 2 is 2.20 bits per heavy atom. The first-order valence-corrected chi connectivity index (χ1v) is 5.47. The van der Waals surface area contributed by atoms with E-state index in [4.69, 9.17) is 11.6 Å². The lowest BCUT2D eigenvalue weighted by molar-refractivity contribution is 0.981. The van der Waals surface area contributed by atoms with E-state index in [0.717, 1.165) is 34.6 Å². The van der Waals surface area contributed by atoms with E-state index in [1.54, 1.807) is 6.20 Å². The molecule has 0 aliphatic heterocycles. The van der Waals surface area contributed by atoms with Crippen molar-refractivity contribution in [3.8, 4) is 0 Å². The van der Waals surface area contributed by atoms with Crippen molar-refractivity contribution < 1.29 is 0 Å². The van der Waals surface area contributed by atoms with Gasteiger partial charge in [0.05, 0.1) is 5.52 Å². The first-order chi connectivity index (χ1) is 7.31. The maximum Gasteiger partial charge on any atom is 0.0737 e. The maximum atomic E-state index is 5.91. The number of hydrogen-bond donors (Lipinski definition) is 1. The summed E-state index contributed by atoms with van der Waals surface area (Å²) in [5.74, 6) is 0. The number of aromatic nitrogens is 1. The second-order valence-electron chi connectivity index (χ2n) is 3.45. The zero-order chi connectivity index (χ0) is 10.7. The molecular formula is C12H13ClN2. The van der Waals surface area contributed by atoms with E-state index in [0.29, 0.717) is 0 Å². The van der Waals surface area contributed by atoms with Crippen LogP contribution in [-0.4, -0.2) is 11.5 Å². The second-order valence-corrected chi connectivity index (χ2v) is 3.88. The predicted octanol–water partition coefficient (Wildman–Crippen LogP) is 3.71. The highest BCUT2D eigenvalue weighted by molar-refractivity contribution is 6.31. The molecule has 0 unspecified atom stereocenters. The summed E-state index contributed by atoms with van der Waals surface area (Å²) in [7, 11) is 0. The Morgan fingerprint density at radius 1 is 1.33 bits per heavy atom. The number of halogens is 1. The minimum Gasteiger partial charge on any atom is -0.384 e. The highest BCUT2D eigenvalue weighted by atomic mass is 35.5. The number of hydrogen-bond acceptors (Lipinski definition) is 2. The molecule has 1 heterocycles. The van der Waals surface area contributed by atoms with Crippen molar-refractivity contribution in [1.29, 1.82) is 0 Å². The quantitative estimate of drug-likeness (QED) is 0.853. The zero-order valence-electron chi connectivity index (χ0n) is 8.63. The van der Waals surface area contributed by atoms with Gasteiger partial charge in [0.2, 0.25) is 0 Å². The summed E-state index contributed by atoms with van der Waals surface area (Å²) in [4.78, 5) is 4.29. The summed E-state index contributed by atoms with van der Waals surface area (Å²) in [6.45, 7) is 3.12. The summed E-state index contributed by atoms with van der Waals surface area (Å²) in [6.07, 6.45) is 2.91. The van der Waals surface area contributed by atoms with Gasteiger partial charge in [-0.3, -0.25) is 4.98 Å². The fourth-order valence-electron chi connectivity index (χ4n) is 1.54. The Bertz CT molecular complexity index is 468. The predicted molar refractivity (Wildman–Crippen MR) is 65.5 cm³/mol. The minimum absolute atomic E-state index is 0.725. The van der Waals surface area contributed by atoms with Gasteiger partial charge >= 0.3 is 0 Å². The van der Waals surface area contributed by atoms with Gasteiger partial charge in [0.15, 0.2) is 0 Å². The van der Waals surface area contributed by atoms with E-state index < -0.39 is 0 Å². The molecule has 0 aliphatic carbocycles. The third kappa shape index (κ3) is 2.21. The van der Waals surface area contributed by atoms with Crippen LogP contribution in [0.4, 0.5) is 5.69 Å². The van der Waals surface area contributed by atoms with Crippen LogP contribution in [0, 0.1) is 0 Å². The molecule has 0 aliphatic rings. The molecule has 0 bridgehead atoms. The molecule has 1 aromatic carbocycles. The number of anilines is 1. The standard InChI is InChI=1S/C12H13ClN2/c1-2-6-14-11-5-7-15-12-8-9(13)3-4-10(11)12/h3-5,7-8H,2,6H2,1H3,(H,14,15). The van der Waals surface area contributed by atoms with Crippen LogP contribution in [0.5, 0.6) is 0 Å². The van der Waals surface area contributed by atoms with Gasteiger partial charge in [-0.15, -0.1) is 0 Å². The molecule has 0 radical (unpaired) electrons. The van der Waals surface area contributed by atoms with Crippen molar-refractivity contribution in [2.45, 2.75) is 13.3 Å². The topological polar surface area (TPSA) is 24.9 Å². The maximum absolute atomic E-state index is 5.91. The molecule has 1 N–H and O–H groups in total. The average molecular weight is 221 g/mol. The summed E-state index contributed by atoms with van der Waals surface area (Å²) in [5, 5.41) is 5.22. The van der Waals surface area contributed by atoms with Crippen molar-refractivity contribution in [3.63, 3.8) is 0 Å². The van der Waals surface area contributed by atoms with Gasteiger partial charge in [0, 0.05) is 28.8 Å². The van der Waals surface area contributed by atoms with E-state index in [2.05, 4.69) is 17.2 Å². The number of nitrogens with one attached hydrogen (secondary N) is 1. The lowest BCUT2D eigenvalue weighted by atomic mass is 10.2. The van der Waals surface area contributed by atoms with Gasteiger partial charge in [-0.1, -0.05) is 18.5 Å². The van der Waals surface area contributed by atoms with Crippen LogP contribution in [0.1, 0.15) is 13.3 Å². The van der Waals surface area contributed by atoms with Gasteiger partial charge in [0.1, 0.15) is 0 Å². The average Bonchev–Trinajstić information content (AvgIpc) is 2.25. The number of benzene rings is 1. The van der Waals surface area contributed by atoms with Crippen molar-refractivity contribution >= 4 is 28.2 Å². The lowest BCUT2D eigenvalue weighted by Gasteiger charge is -2.08. The van der Waals surface area contributed by atoms with Crippen LogP contribution >= 0.6 is 11.6 Å². The number of fused-ring (bicyclic) bond motifs is 1. The third-order valence-corrected chi connectivity index (χ3v) is 2.51. The van der Waals surface area contributed by atoms with Gasteiger partial charge < -0.3 is 5.32 Å². The molecule has 1 aromatic heterocycles. The molecule has 0 amide bonds. The smallest absolute Gasteiger partial charge is 0.0737 e. The molecule has 15 heavy (non-hydrogen) atoms. The van der Waals surface area contributed by atoms with Crippen LogP contribution in [0.25, 0.3) is 10.9 Å². The normalized spacial score (nSPS) is 10.5. The molecule has 3 heteroatoms. The van der Waals surface area contributed by atoms with E-state index in [1.165, 1.54) is 0 Å². The molecule has 2 nitrogen and oxygen atoms in total. The lowest BCUT2D eigenvalue weighted by Crippen LogP contribution is -2.00. The molecule has 0 spiro atoms. The van der Waals surface area contributed by atoms with Gasteiger partial charge in [-0.25, -0.2) is 0 Å². The Balaban J connectivity index is 2.46. The van der Waals surface area contributed by atoms with Gasteiger partial charge in [0.25, 0.3) is 0 Å². The Morgan fingerprint density at radius 3 is 3.00 bits per heavy atom. The Labute approximate surface area is 94.3 Å². The number of rotatable bonds is 3. The molecule has 0 saturated heterocycles. The van der Waals surface area contributed by atoms with Crippen molar-refractivity contribution in [3.05, 3.63) is 35.5 Å². The molecule has 78 valence electrons. The highest BCUT2D eigenvalue weighted by Gasteiger charge is 2.01. The van der Waals surface area contributed by atoms with E-state index in [1.807, 2.05) is 24.3 Å². The van der Waals surface area contributed by atoms with Crippen LogP contribution < -0.4 is 5.32 Å². The van der Waals surface area contributed by atoms with E-state index >= 15 is 0 Å². The monoisotopic (exact) mass is 220 g/mol. The van der Waals surface area contributed by atoms with Crippen LogP contribution in [0.2, 0.25) is 5.02 Å². The Kier molecular flexibility index (Phi) is 3.07. The van der Waals surface area contributed by atoms with Crippen molar-refractivity contribution in [2.24, 2.45) is 0 Å². The first-order valence-electron chi connectivity index (χ1n) is 5.09. The summed E-state index contributed by atoms with van der Waals surface area (Å²) >= 11 is 5.91. The number of nitrogens with zero attached hydrogens (tertiary/aromatic N) is 1. The SMILES string of the molecule is CCCNc1ccnc2cc(Cl)ccc12. The van der Waals surface area contributed by atoms with Crippen molar-refractivity contribution in [1.82, 2.24) is 4.98 Å². The summed E-state index contributed by atoms with van der Waals surface area (Å²) < 4.78 is 0. The molecular weight excluding hydrogens is 208 g/mol. The third-order valence-electron chi connectivity index (χ3n) is 2.27. The largest absolute Gasteiger partial charge is 0.384 e. The fourth-order valence-corrected chi connectivity index (χ4v) is 1.70. The zero-order valence-corrected chi connectivity index (χ0v) is 9.38. The van der Waals surface area contributed by atoms with E-state index in [-0.39, 0.29) is 0 Å². The van der Waals surface area contributed by atoms with Crippen LogP contribution in [0.15, 0.2) is 30.5 Å². The molecule has 0 fully saturated rings. The van der Waals surface area contributed by atoms with E-state index in [9.17, 15) is 0 Å². The fraction of sp³-hybridized carbons (Fsp3) is 0.250.